The van der Waals surface area contributed by atoms with Gasteiger partial charge in [-0.25, -0.2) is 4.79 Å². The van der Waals surface area contributed by atoms with Gasteiger partial charge in [0.05, 0.1) is 24.2 Å². The van der Waals surface area contributed by atoms with Crippen LogP contribution in [0.2, 0.25) is 0 Å². The van der Waals surface area contributed by atoms with E-state index < -0.39 is 11.9 Å². The SMILES string of the molecule is COC(=O)c1ccc(N2CC(C(=O)O)C2)cc1C#N. The fourth-order valence-corrected chi connectivity index (χ4v) is 1.95. The molecule has 1 aromatic carbocycles. The molecule has 1 aliphatic rings. The minimum Gasteiger partial charge on any atom is -0.481 e. The molecule has 19 heavy (non-hydrogen) atoms. The number of anilines is 1. The Balaban J connectivity index is 2.20. The molecule has 98 valence electrons. The van der Waals surface area contributed by atoms with Gasteiger partial charge in [0.25, 0.3) is 0 Å². The Morgan fingerprint density at radius 2 is 2.16 bits per heavy atom. The summed E-state index contributed by atoms with van der Waals surface area (Å²) in [5, 5.41) is 17.8. The second-order valence-corrected chi connectivity index (χ2v) is 4.27. The van der Waals surface area contributed by atoms with E-state index in [9.17, 15) is 9.59 Å². The van der Waals surface area contributed by atoms with Gasteiger partial charge in [0.15, 0.2) is 0 Å². The molecule has 2 rings (SSSR count). The van der Waals surface area contributed by atoms with Gasteiger partial charge in [-0.1, -0.05) is 0 Å². The zero-order valence-electron chi connectivity index (χ0n) is 10.3. The van der Waals surface area contributed by atoms with Crippen LogP contribution in [0.3, 0.4) is 0 Å². The van der Waals surface area contributed by atoms with Crippen molar-refractivity contribution < 1.29 is 19.4 Å². The fourth-order valence-electron chi connectivity index (χ4n) is 1.95. The number of aliphatic carboxylic acids is 1. The molecule has 0 saturated carbocycles. The van der Waals surface area contributed by atoms with Crippen molar-refractivity contribution in [2.45, 2.75) is 0 Å². The van der Waals surface area contributed by atoms with Crippen LogP contribution in [0.5, 0.6) is 0 Å². The Morgan fingerprint density at radius 1 is 1.47 bits per heavy atom. The third-order valence-electron chi connectivity index (χ3n) is 3.12. The standard InChI is InChI=1S/C13H12N2O4/c1-19-13(18)11-3-2-10(4-8(11)5-14)15-6-9(7-15)12(16)17/h2-4,9H,6-7H2,1H3,(H,16,17). The minimum absolute atomic E-state index is 0.212. The van der Waals surface area contributed by atoms with E-state index in [0.717, 1.165) is 5.69 Å². The molecule has 1 fully saturated rings. The number of esters is 1. The first-order chi connectivity index (χ1) is 9.06. The molecular weight excluding hydrogens is 248 g/mol. The Bertz CT molecular complexity index is 570. The monoisotopic (exact) mass is 260 g/mol. The van der Waals surface area contributed by atoms with E-state index in [1.54, 1.807) is 12.1 Å². The van der Waals surface area contributed by atoms with Gasteiger partial charge in [-0.2, -0.15) is 5.26 Å². The molecule has 0 atom stereocenters. The number of carbonyl (C=O) groups is 2. The van der Waals surface area contributed by atoms with E-state index >= 15 is 0 Å². The highest BCUT2D eigenvalue weighted by molar-refractivity contribution is 5.92. The van der Waals surface area contributed by atoms with Crippen molar-refractivity contribution in [1.82, 2.24) is 0 Å². The number of ether oxygens (including phenoxy) is 1. The lowest BCUT2D eigenvalue weighted by atomic mass is 9.98. The van der Waals surface area contributed by atoms with E-state index in [4.69, 9.17) is 10.4 Å². The molecule has 1 heterocycles. The van der Waals surface area contributed by atoms with Gasteiger partial charge >= 0.3 is 11.9 Å². The van der Waals surface area contributed by atoms with Gasteiger partial charge in [0.1, 0.15) is 6.07 Å². The van der Waals surface area contributed by atoms with Crippen molar-refractivity contribution in [2.75, 3.05) is 25.1 Å². The van der Waals surface area contributed by atoms with E-state index in [1.165, 1.54) is 13.2 Å². The number of nitrogens with zero attached hydrogens (tertiary/aromatic N) is 2. The summed E-state index contributed by atoms with van der Waals surface area (Å²) in [7, 11) is 1.25. The van der Waals surface area contributed by atoms with Crippen LogP contribution in [0.4, 0.5) is 5.69 Å². The maximum atomic E-state index is 11.4. The van der Waals surface area contributed by atoms with Crippen LogP contribution in [0.15, 0.2) is 18.2 Å². The van der Waals surface area contributed by atoms with Gasteiger partial charge in [0, 0.05) is 18.8 Å². The Kier molecular flexibility index (Phi) is 3.38. The highest BCUT2D eigenvalue weighted by atomic mass is 16.5. The highest BCUT2D eigenvalue weighted by Crippen LogP contribution is 2.27. The van der Waals surface area contributed by atoms with Gasteiger partial charge in [-0.3, -0.25) is 4.79 Å². The zero-order valence-corrected chi connectivity index (χ0v) is 10.3. The average molecular weight is 260 g/mol. The minimum atomic E-state index is -0.817. The predicted octanol–water partition coefficient (Wildman–Crippen LogP) is 0.866. The number of benzene rings is 1. The third-order valence-corrected chi connectivity index (χ3v) is 3.12. The van der Waals surface area contributed by atoms with Gasteiger partial charge in [-0.05, 0) is 18.2 Å². The van der Waals surface area contributed by atoms with Crippen molar-refractivity contribution in [3.05, 3.63) is 29.3 Å². The van der Waals surface area contributed by atoms with Crippen LogP contribution in [0.1, 0.15) is 15.9 Å². The second kappa shape index (κ2) is 4.98. The maximum Gasteiger partial charge on any atom is 0.339 e. The van der Waals surface area contributed by atoms with Crippen molar-refractivity contribution in [3.8, 4) is 6.07 Å². The lowest BCUT2D eigenvalue weighted by Gasteiger charge is -2.38. The van der Waals surface area contributed by atoms with Crippen molar-refractivity contribution in [3.63, 3.8) is 0 Å². The fraction of sp³-hybridized carbons (Fsp3) is 0.308. The number of nitriles is 1. The van der Waals surface area contributed by atoms with Crippen LogP contribution in [-0.4, -0.2) is 37.2 Å². The summed E-state index contributed by atoms with van der Waals surface area (Å²) in [5.41, 5.74) is 1.17. The molecule has 0 amide bonds. The lowest BCUT2D eigenvalue weighted by molar-refractivity contribution is -0.142. The third kappa shape index (κ3) is 2.36. The molecule has 0 aliphatic carbocycles. The average Bonchev–Trinajstić information content (AvgIpc) is 2.35. The quantitative estimate of drug-likeness (QED) is 0.811. The first kappa shape index (κ1) is 12.9. The highest BCUT2D eigenvalue weighted by Gasteiger charge is 2.32. The molecular formula is C13H12N2O4. The summed E-state index contributed by atoms with van der Waals surface area (Å²) in [6.07, 6.45) is 0. The molecule has 1 saturated heterocycles. The summed E-state index contributed by atoms with van der Waals surface area (Å²) in [6.45, 7) is 0.829. The van der Waals surface area contributed by atoms with E-state index in [1.807, 2.05) is 11.0 Å². The maximum absolute atomic E-state index is 11.4. The number of carboxylic acid groups (broad SMARTS) is 1. The Morgan fingerprint density at radius 3 is 2.68 bits per heavy atom. The zero-order chi connectivity index (χ0) is 14.0. The number of rotatable bonds is 3. The number of methoxy groups -OCH3 is 1. The summed E-state index contributed by atoms with van der Waals surface area (Å²) in [4.78, 5) is 24.0. The van der Waals surface area contributed by atoms with Crippen LogP contribution in [0, 0.1) is 17.2 Å². The first-order valence-electron chi connectivity index (χ1n) is 5.67. The van der Waals surface area contributed by atoms with Crippen LogP contribution in [0.25, 0.3) is 0 Å². The first-order valence-corrected chi connectivity index (χ1v) is 5.67. The van der Waals surface area contributed by atoms with Gasteiger partial charge in [0.2, 0.25) is 0 Å². The van der Waals surface area contributed by atoms with Gasteiger partial charge < -0.3 is 14.7 Å². The largest absolute Gasteiger partial charge is 0.481 e. The molecule has 0 bridgehead atoms. The number of hydrogen-bond donors (Lipinski definition) is 1. The van der Waals surface area contributed by atoms with E-state index in [2.05, 4.69) is 4.74 Å². The van der Waals surface area contributed by atoms with Crippen molar-refractivity contribution in [1.29, 1.82) is 5.26 Å². The predicted molar refractivity (Wildman–Crippen MR) is 65.8 cm³/mol. The number of hydrogen-bond acceptors (Lipinski definition) is 5. The summed E-state index contributed by atoms with van der Waals surface area (Å²) >= 11 is 0. The van der Waals surface area contributed by atoms with E-state index in [-0.39, 0.29) is 17.0 Å². The molecule has 1 aromatic rings. The van der Waals surface area contributed by atoms with Crippen LogP contribution in [-0.2, 0) is 9.53 Å². The smallest absolute Gasteiger partial charge is 0.339 e. The Labute approximate surface area is 109 Å². The molecule has 6 heteroatoms. The van der Waals surface area contributed by atoms with Crippen LogP contribution >= 0.6 is 0 Å². The molecule has 0 spiro atoms. The van der Waals surface area contributed by atoms with E-state index in [0.29, 0.717) is 13.1 Å². The molecule has 6 nitrogen and oxygen atoms in total. The van der Waals surface area contributed by atoms with Gasteiger partial charge in [-0.15, -0.1) is 0 Å². The molecule has 1 aliphatic heterocycles. The summed E-state index contributed by atoms with van der Waals surface area (Å²) in [6, 6.07) is 6.73. The molecule has 0 aromatic heterocycles. The lowest BCUT2D eigenvalue weighted by Crippen LogP contribution is -2.50. The topological polar surface area (TPSA) is 90.6 Å². The normalized spacial score (nSPS) is 14.4. The van der Waals surface area contributed by atoms with Crippen LogP contribution < -0.4 is 4.90 Å². The van der Waals surface area contributed by atoms with Crippen molar-refractivity contribution in [2.24, 2.45) is 5.92 Å². The second-order valence-electron chi connectivity index (χ2n) is 4.27. The molecule has 0 radical (unpaired) electrons. The molecule has 1 N–H and O–H groups in total. The Hall–Kier alpha value is -2.55. The summed E-state index contributed by atoms with van der Waals surface area (Å²) < 4.78 is 4.59. The number of carbonyl (C=O) groups excluding carboxylic acids is 1. The molecule has 0 unspecified atom stereocenters. The number of carboxylic acids is 1. The summed E-state index contributed by atoms with van der Waals surface area (Å²) in [5.74, 6) is -1.75. The van der Waals surface area contributed by atoms with Crippen molar-refractivity contribution >= 4 is 17.6 Å².